The second-order valence-electron chi connectivity index (χ2n) is 6.86. The van der Waals surface area contributed by atoms with Crippen LogP contribution in [0.2, 0.25) is 0 Å². The summed E-state index contributed by atoms with van der Waals surface area (Å²) in [6.07, 6.45) is 4.66. The van der Waals surface area contributed by atoms with Gasteiger partial charge in [-0.1, -0.05) is 27.2 Å². The summed E-state index contributed by atoms with van der Waals surface area (Å²) in [6.45, 7) is 10.3. The van der Waals surface area contributed by atoms with Crippen molar-refractivity contribution >= 4 is 5.91 Å². The highest BCUT2D eigenvalue weighted by Crippen LogP contribution is 2.43. The summed E-state index contributed by atoms with van der Waals surface area (Å²) < 4.78 is 5.44. The minimum atomic E-state index is -0.448. The quantitative estimate of drug-likeness (QED) is 0.696. The topological polar surface area (TPSA) is 64.3 Å². The smallest absolute Gasteiger partial charge is 0.237 e. The third-order valence-electron chi connectivity index (χ3n) is 4.25. The van der Waals surface area contributed by atoms with Crippen LogP contribution in [0.4, 0.5) is 0 Å². The van der Waals surface area contributed by atoms with Crippen molar-refractivity contribution in [2.45, 2.75) is 59.4 Å². The minimum absolute atomic E-state index is 0.0322. The summed E-state index contributed by atoms with van der Waals surface area (Å²) in [4.78, 5) is 12.0. The van der Waals surface area contributed by atoms with E-state index in [4.69, 9.17) is 10.5 Å². The van der Waals surface area contributed by atoms with E-state index < -0.39 is 6.04 Å². The molecule has 0 aliphatic heterocycles. The Morgan fingerprint density at radius 3 is 2.47 bits per heavy atom. The van der Waals surface area contributed by atoms with Gasteiger partial charge in [-0.3, -0.25) is 4.79 Å². The predicted molar refractivity (Wildman–Crippen MR) is 77.8 cm³/mol. The lowest BCUT2D eigenvalue weighted by Crippen LogP contribution is -2.52. The Kier molecular flexibility index (Phi) is 5.81. The fourth-order valence-electron chi connectivity index (χ4n) is 2.40. The first kappa shape index (κ1) is 16.4. The second-order valence-corrected chi connectivity index (χ2v) is 6.86. The summed E-state index contributed by atoms with van der Waals surface area (Å²) in [5.74, 6) is -0.0322. The van der Waals surface area contributed by atoms with Gasteiger partial charge in [-0.2, -0.15) is 0 Å². The molecular weight excluding hydrogens is 240 g/mol. The van der Waals surface area contributed by atoms with Crippen LogP contribution < -0.4 is 11.1 Å². The third-order valence-corrected chi connectivity index (χ3v) is 4.25. The molecule has 1 rings (SSSR count). The van der Waals surface area contributed by atoms with E-state index in [1.165, 1.54) is 19.3 Å². The zero-order valence-electron chi connectivity index (χ0n) is 12.9. The van der Waals surface area contributed by atoms with Gasteiger partial charge in [0.05, 0.1) is 6.04 Å². The van der Waals surface area contributed by atoms with Crippen LogP contribution in [0.1, 0.15) is 53.4 Å². The van der Waals surface area contributed by atoms with Crippen LogP contribution in [0, 0.1) is 10.8 Å². The van der Waals surface area contributed by atoms with Gasteiger partial charge in [-0.15, -0.1) is 0 Å². The molecule has 19 heavy (non-hydrogen) atoms. The van der Waals surface area contributed by atoms with Crippen LogP contribution in [0.5, 0.6) is 0 Å². The summed E-state index contributed by atoms with van der Waals surface area (Å²) >= 11 is 0. The Hall–Kier alpha value is -0.610. The van der Waals surface area contributed by atoms with Crippen molar-refractivity contribution in [1.29, 1.82) is 0 Å². The highest BCUT2D eigenvalue weighted by atomic mass is 16.5. The first-order valence-corrected chi connectivity index (χ1v) is 7.42. The van der Waals surface area contributed by atoms with E-state index in [0.29, 0.717) is 0 Å². The Morgan fingerprint density at radius 1 is 1.42 bits per heavy atom. The zero-order valence-corrected chi connectivity index (χ0v) is 12.9. The molecule has 1 fully saturated rings. The normalized spacial score (nSPS) is 19.6. The summed E-state index contributed by atoms with van der Waals surface area (Å²) in [5, 5.41) is 3.04. The van der Waals surface area contributed by atoms with E-state index in [2.05, 4.69) is 5.32 Å². The molecule has 0 aromatic carbocycles. The van der Waals surface area contributed by atoms with Gasteiger partial charge < -0.3 is 15.8 Å². The molecule has 4 nitrogen and oxygen atoms in total. The first-order chi connectivity index (χ1) is 8.81. The SMILES string of the molecule is CCOCCC1(CNC(=O)[C@@H](N)C(C)(C)C)CCC1. The van der Waals surface area contributed by atoms with Gasteiger partial charge in [0.2, 0.25) is 5.91 Å². The molecule has 0 spiro atoms. The van der Waals surface area contributed by atoms with Gasteiger partial charge in [0.25, 0.3) is 0 Å². The van der Waals surface area contributed by atoms with Crippen molar-refractivity contribution in [3.8, 4) is 0 Å². The lowest BCUT2D eigenvalue weighted by molar-refractivity contribution is -0.125. The number of ether oxygens (including phenoxy) is 1. The number of rotatable bonds is 7. The van der Waals surface area contributed by atoms with Crippen molar-refractivity contribution in [3.05, 3.63) is 0 Å². The van der Waals surface area contributed by atoms with Gasteiger partial charge >= 0.3 is 0 Å². The molecule has 0 heterocycles. The lowest BCUT2D eigenvalue weighted by Gasteiger charge is -2.42. The van der Waals surface area contributed by atoms with E-state index >= 15 is 0 Å². The molecule has 0 unspecified atom stereocenters. The third kappa shape index (κ3) is 4.77. The van der Waals surface area contributed by atoms with Crippen molar-refractivity contribution in [1.82, 2.24) is 5.32 Å². The molecule has 0 radical (unpaired) electrons. The van der Waals surface area contributed by atoms with E-state index in [-0.39, 0.29) is 16.7 Å². The predicted octanol–water partition coefficient (Wildman–Crippen LogP) is 2.07. The maximum absolute atomic E-state index is 12.0. The maximum atomic E-state index is 12.0. The van der Waals surface area contributed by atoms with Crippen molar-refractivity contribution in [2.75, 3.05) is 19.8 Å². The van der Waals surface area contributed by atoms with Crippen LogP contribution >= 0.6 is 0 Å². The van der Waals surface area contributed by atoms with Gasteiger partial charge in [-0.25, -0.2) is 0 Å². The largest absolute Gasteiger partial charge is 0.382 e. The number of nitrogens with two attached hydrogens (primary N) is 1. The number of hydrogen-bond acceptors (Lipinski definition) is 3. The molecule has 0 aromatic rings. The second kappa shape index (κ2) is 6.71. The molecule has 1 atom stereocenters. The maximum Gasteiger partial charge on any atom is 0.237 e. The molecule has 1 saturated carbocycles. The number of carbonyl (C=O) groups excluding carboxylic acids is 1. The highest BCUT2D eigenvalue weighted by molar-refractivity contribution is 5.82. The van der Waals surface area contributed by atoms with E-state index in [1.807, 2.05) is 27.7 Å². The average Bonchev–Trinajstić information content (AvgIpc) is 2.29. The molecule has 112 valence electrons. The lowest BCUT2D eigenvalue weighted by atomic mass is 9.66. The van der Waals surface area contributed by atoms with Gasteiger partial charge in [0.15, 0.2) is 0 Å². The molecule has 1 aliphatic rings. The monoisotopic (exact) mass is 270 g/mol. The van der Waals surface area contributed by atoms with Gasteiger partial charge in [0, 0.05) is 19.8 Å². The van der Waals surface area contributed by atoms with E-state index in [1.54, 1.807) is 0 Å². The highest BCUT2D eigenvalue weighted by Gasteiger charge is 2.37. The molecule has 0 aromatic heterocycles. The van der Waals surface area contributed by atoms with Crippen LogP contribution in [0.25, 0.3) is 0 Å². The molecule has 3 N–H and O–H groups in total. The van der Waals surface area contributed by atoms with Crippen LogP contribution in [0.3, 0.4) is 0 Å². The average molecular weight is 270 g/mol. The molecule has 1 amide bonds. The standard InChI is InChI=1S/C15H30N2O2/c1-5-19-10-9-15(7-6-8-15)11-17-13(18)12(16)14(2,3)4/h12H,5-11,16H2,1-4H3,(H,17,18)/t12-/m1/s1. The van der Waals surface area contributed by atoms with Crippen LogP contribution in [-0.2, 0) is 9.53 Å². The van der Waals surface area contributed by atoms with Crippen molar-refractivity contribution in [2.24, 2.45) is 16.6 Å². The van der Waals surface area contributed by atoms with E-state index in [9.17, 15) is 4.79 Å². The molecule has 1 aliphatic carbocycles. The Morgan fingerprint density at radius 2 is 2.05 bits per heavy atom. The van der Waals surface area contributed by atoms with Gasteiger partial charge in [-0.05, 0) is 37.0 Å². The molecular formula is C15H30N2O2. The molecule has 0 saturated heterocycles. The zero-order chi connectivity index (χ0) is 14.5. The summed E-state index contributed by atoms with van der Waals surface area (Å²) in [5.41, 5.74) is 6.03. The number of amides is 1. The fourth-order valence-corrected chi connectivity index (χ4v) is 2.40. The number of nitrogens with one attached hydrogen (secondary N) is 1. The molecule has 0 bridgehead atoms. The fraction of sp³-hybridized carbons (Fsp3) is 0.933. The summed E-state index contributed by atoms with van der Waals surface area (Å²) in [7, 11) is 0. The Labute approximate surface area is 117 Å². The van der Waals surface area contributed by atoms with Crippen molar-refractivity contribution < 1.29 is 9.53 Å². The van der Waals surface area contributed by atoms with Gasteiger partial charge in [0.1, 0.15) is 0 Å². The first-order valence-electron chi connectivity index (χ1n) is 7.42. The molecule has 4 heteroatoms. The Bertz CT molecular complexity index is 293. The van der Waals surface area contributed by atoms with Crippen molar-refractivity contribution in [3.63, 3.8) is 0 Å². The van der Waals surface area contributed by atoms with Crippen LogP contribution in [0.15, 0.2) is 0 Å². The Balaban J connectivity index is 2.39. The van der Waals surface area contributed by atoms with E-state index in [0.717, 1.165) is 26.2 Å². The number of carbonyl (C=O) groups is 1. The number of hydrogen-bond donors (Lipinski definition) is 2. The van der Waals surface area contributed by atoms with Crippen LogP contribution in [-0.4, -0.2) is 31.7 Å². The summed E-state index contributed by atoms with van der Waals surface area (Å²) in [6, 6.07) is -0.448. The minimum Gasteiger partial charge on any atom is -0.382 e.